The molecule has 140 valence electrons. The van der Waals surface area contributed by atoms with Gasteiger partial charge in [0.05, 0.1) is 0 Å². The van der Waals surface area contributed by atoms with Crippen molar-refractivity contribution in [2.45, 2.75) is 143 Å². The molecule has 0 unspecified atom stereocenters. The first-order valence-corrected chi connectivity index (χ1v) is 11.2. The van der Waals surface area contributed by atoms with Crippen LogP contribution in [0.25, 0.3) is 0 Å². The molecule has 0 aromatic heterocycles. The summed E-state index contributed by atoms with van der Waals surface area (Å²) in [6.07, 6.45) is 26.2. The van der Waals surface area contributed by atoms with E-state index in [1.165, 1.54) is 116 Å². The minimum absolute atomic E-state index is 0.699. The molecule has 0 nitrogen and oxygen atoms in total. The van der Waals surface area contributed by atoms with Gasteiger partial charge < -0.3 is 0 Å². The van der Waals surface area contributed by atoms with E-state index in [2.05, 4.69) is 27.7 Å². The van der Waals surface area contributed by atoms with Crippen molar-refractivity contribution >= 4 is 0 Å². The molecular weight excluding hydrogens is 276 g/mol. The van der Waals surface area contributed by atoms with Gasteiger partial charge in [0.2, 0.25) is 0 Å². The first-order chi connectivity index (χ1) is 11.2. The van der Waals surface area contributed by atoms with Gasteiger partial charge in [0, 0.05) is 0 Å². The van der Waals surface area contributed by atoms with E-state index in [1.807, 2.05) is 0 Å². The molecule has 0 saturated heterocycles. The van der Waals surface area contributed by atoms with Crippen molar-refractivity contribution in [3.05, 3.63) is 0 Å². The quantitative estimate of drug-likeness (QED) is 0.220. The lowest BCUT2D eigenvalue weighted by Crippen LogP contribution is -2.21. The Kier molecular flexibility index (Phi) is 16.8. The van der Waals surface area contributed by atoms with Gasteiger partial charge in [0.1, 0.15) is 0 Å². The van der Waals surface area contributed by atoms with Crippen LogP contribution in [0.15, 0.2) is 0 Å². The van der Waals surface area contributed by atoms with Gasteiger partial charge in [-0.1, -0.05) is 118 Å². The third kappa shape index (κ3) is 13.0. The van der Waals surface area contributed by atoms with Crippen LogP contribution < -0.4 is 0 Å². The molecule has 0 aromatic rings. The van der Waals surface area contributed by atoms with Crippen LogP contribution in [0.4, 0.5) is 0 Å². The highest BCUT2D eigenvalue weighted by Gasteiger charge is 2.27. The van der Waals surface area contributed by atoms with Crippen LogP contribution in [0.1, 0.15) is 143 Å². The molecule has 0 spiro atoms. The summed E-state index contributed by atoms with van der Waals surface area (Å²) in [5.41, 5.74) is 0.699. The van der Waals surface area contributed by atoms with Gasteiger partial charge in [0.15, 0.2) is 0 Å². The zero-order valence-electron chi connectivity index (χ0n) is 17.2. The lowest BCUT2D eigenvalue weighted by molar-refractivity contribution is 0.174. The molecule has 0 rings (SSSR count). The van der Waals surface area contributed by atoms with Crippen molar-refractivity contribution in [2.75, 3.05) is 0 Å². The molecule has 0 aliphatic heterocycles. The van der Waals surface area contributed by atoms with Crippen molar-refractivity contribution in [2.24, 2.45) is 5.41 Å². The highest BCUT2D eigenvalue weighted by atomic mass is 14.3. The molecule has 0 radical (unpaired) electrons. The van der Waals surface area contributed by atoms with E-state index in [0.29, 0.717) is 5.41 Å². The molecule has 0 heteroatoms. The van der Waals surface area contributed by atoms with Crippen LogP contribution in [0.2, 0.25) is 0 Å². The van der Waals surface area contributed by atoms with E-state index in [1.54, 1.807) is 0 Å². The second-order valence-electron chi connectivity index (χ2n) is 8.04. The van der Waals surface area contributed by atoms with Gasteiger partial charge in [-0.05, 0) is 31.1 Å². The predicted molar refractivity (Wildman–Crippen MR) is 108 cm³/mol. The van der Waals surface area contributed by atoms with Crippen LogP contribution in [0.5, 0.6) is 0 Å². The summed E-state index contributed by atoms with van der Waals surface area (Å²) >= 11 is 0. The Labute approximate surface area is 149 Å². The Morgan fingerprint density at radius 3 is 1.09 bits per heavy atom. The number of unbranched alkanes of at least 4 members (excludes halogenated alkanes) is 10. The summed E-state index contributed by atoms with van der Waals surface area (Å²) < 4.78 is 0. The summed E-state index contributed by atoms with van der Waals surface area (Å²) in [6, 6.07) is 0. The van der Waals surface area contributed by atoms with E-state index < -0.39 is 0 Å². The molecule has 0 amide bonds. The SMILES string of the molecule is CCCCCCCCC(CCCC)(CCCC)CCCCCC. The van der Waals surface area contributed by atoms with Gasteiger partial charge in [0.25, 0.3) is 0 Å². The Morgan fingerprint density at radius 2 is 0.652 bits per heavy atom. The van der Waals surface area contributed by atoms with E-state index in [4.69, 9.17) is 0 Å². The van der Waals surface area contributed by atoms with Crippen LogP contribution in [0.3, 0.4) is 0 Å². The van der Waals surface area contributed by atoms with Crippen molar-refractivity contribution in [1.29, 1.82) is 0 Å². The van der Waals surface area contributed by atoms with Crippen molar-refractivity contribution in [3.8, 4) is 0 Å². The lowest BCUT2D eigenvalue weighted by atomic mass is 9.71. The summed E-state index contributed by atoms with van der Waals surface area (Å²) in [4.78, 5) is 0. The molecule has 0 fully saturated rings. The van der Waals surface area contributed by atoms with Gasteiger partial charge in [-0.15, -0.1) is 0 Å². The maximum Gasteiger partial charge on any atom is -0.0297 e. The standard InChI is InChI=1S/C23H48/c1-5-9-13-15-16-18-22-23(19-11-7-3,20-12-8-4)21-17-14-10-6-2/h5-22H2,1-4H3. The average molecular weight is 325 g/mol. The van der Waals surface area contributed by atoms with Crippen LogP contribution in [-0.4, -0.2) is 0 Å². The van der Waals surface area contributed by atoms with Crippen LogP contribution in [-0.2, 0) is 0 Å². The lowest BCUT2D eigenvalue weighted by Gasteiger charge is -2.35. The van der Waals surface area contributed by atoms with Gasteiger partial charge in [-0.3, -0.25) is 0 Å². The second kappa shape index (κ2) is 16.8. The van der Waals surface area contributed by atoms with E-state index in [0.717, 1.165) is 0 Å². The number of hydrogen-bond donors (Lipinski definition) is 0. The highest BCUT2D eigenvalue weighted by molar-refractivity contribution is 4.79. The molecule has 23 heavy (non-hydrogen) atoms. The predicted octanol–water partition coefficient (Wildman–Crippen LogP) is 9.07. The largest absolute Gasteiger partial charge is 0.0654 e. The van der Waals surface area contributed by atoms with Crippen molar-refractivity contribution in [1.82, 2.24) is 0 Å². The summed E-state index contributed by atoms with van der Waals surface area (Å²) in [6.45, 7) is 9.38. The van der Waals surface area contributed by atoms with Crippen LogP contribution >= 0.6 is 0 Å². The molecule has 0 heterocycles. The minimum atomic E-state index is 0.699. The Bertz CT molecular complexity index is 210. The minimum Gasteiger partial charge on any atom is -0.0654 e. The molecule has 0 atom stereocenters. The zero-order chi connectivity index (χ0) is 17.2. The fraction of sp³-hybridized carbons (Fsp3) is 1.00. The topological polar surface area (TPSA) is 0 Å². The highest BCUT2D eigenvalue weighted by Crippen LogP contribution is 2.41. The Hall–Kier alpha value is 0. The first-order valence-electron chi connectivity index (χ1n) is 11.2. The third-order valence-electron chi connectivity index (χ3n) is 5.74. The molecule has 0 bridgehead atoms. The van der Waals surface area contributed by atoms with Gasteiger partial charge >= 0.3 is 0 Å². The summed E-state index contributed by atoms with van der Waals surface area (Å²) in [5.74, 6) is 0. The molecule has 0 aliphatic carbocycles. The fourth-order valence-electron chi connectivity index (χ4n) is 4.06. The first kappa shape index (κ1) is 23.0. The maximum absolute atomic E-state index is 2.37. The Morgan fingerprint density at radius 1 is 0.348 bits per heavy atom. The monoisotopic (exact) mass is 324 g/mol. The number of hydrogen-bond acceptors (Lipinski definition) is 0. The third-order valence-corrected chi connectivity index (χ3v) is 5.74. The summed E-state index contributed by atoms with van der Waals surface area (Å²) in [7, 11) is 0. The van der Waals surface area contributed by atoms with Gasteiger partial charge in [-0.2, -0.15) is 0 Å². The smallest absolute Gasteiger partial charge is 0.0297 e. The van der Waals surface area contributed by atoms with Crippen molar-refractivity contribution in [3.63, 3.8) is 0 Å². The molecule has 0 saturated carbocycles. The van der Waals surface area contributed by atoms with E-state index >= 15 is 0 Å². The zero-order valence-corrected chi connectivity index (χ0v) is 17.2. The van der Waals surface area contributed by atoms with E-state index in [9.17, 15) is 0 Å². The molecule has 0 aliphatic rings. The number of rotatable bonds is 18. The fourth-order valence-corrected chi connectivity index (χ4v) is 4.06. The van der Waals surface area contributed by atoms with Gasteiger partial charge in [-0.25, -0.2) is 0 Å². The normalized spacial score (nSPS) is 12.0. The second-order valence-corrected chi connectivity index (χ2v) is 8.04. The Balaban J connectivity index is 4.37. The molecule has 0 aromatic carbocycles. The van der Waals surface area contributed by atoms with Crippen LogP contribution in [0, 0.1) is 5.41 Å². The van der Waals surface area contributed by atoms with Crippen molar-refractivity contribution < 1.29 is 0 Å². The van der Waals surface area contributed by atoms with E-state index in [-0.39, 0.29) is 0 Å². The molecule has 0 N–H and O–H groups in total. The average Bonchev–Trinajstić information content (AvgIpc) is 2.57. The summed E-state index contributed by atoms with van der Waals surface area (Å²) in [5, 5.41) is 0. The molecular formula is C23H48. The maximum atomic E-state index is 2.37.